The average molecular weight is 195 g/mol. The third-order valence-electron chi connectivity index (χ3n) is 2.21. The lowest BCUT2D eigenvalue weighted by Crippen LogP contribution is -2.43. The van der Waals surface area contributed by atoms with Crippen molar-refractivity contribution >= 4 is 12.6 Å². The van der Waals surface area contributed by atoms with Crippen molar-refractivity contribution in [2.75, 3.05) is 19.7 Å². The van der Waals surface area contributed by atoms with Crippen molar-refractivity contribution in [1.82, 2.24) is 5.32 Å². The minimum Gasteiger partial charge on any atom is -0.358 e. The predicted molar refractivity (Wildman–Crippen MR) is 55.9 cm³/mol. The summed E-state index contributed by atoms with van der Waals surface area (Å²) in [5.41, 5.74) is 1.12. The van der Waals surface area contributed by atoms with E-state index < -0.39 is 4.93 Å². The molecule has 2 nitrogen and oxygen atoms in total. The van der Waals surface area contributed by atoms with Gasteiger partial charge in [0.2, 0.25) is 0 Å². The summed E-state index contributed by atoms with van der Waals surface area (Å²) in [6.07, 6.45) is 0. The van der Waals surface area contributed by atoms with E-state index in [9.17, 15) is 0 Å². The van der Waals surface area contributed by atoms with Gasteiger partial charge in [0.15, 0.2) is 0 Å². The van der Waals surface area contributed by atoms with Gasteiger partial charge in [0.05, 0.1) is 6.61 Å². The van der Waals surface area contributed by atoms with Gasteiger partial charge in [-0.15, -0.1) is 12.6 Å². The molecule has 13 heavy (non-hydrogen) atoms. The van der Waals surface area contributed by atoms with E-state index in [1.165, 1.54) is 0 Å². The Morgan fingerprint density at radius 1 is 1.31 bits per heavy atom. The summed E-state index contributed by atoms with van der Waals surface area (Å²) < 4.78 is 5.65. The maximum atomic E-state index is 5.65. The SMILES string of the molecule is SC1(c2ccccc2)CNCCO1. The van der Waals surface area contributed by atoms with Crippen molar-refractivity contribution < 1.29 is 4.74 Å². The highest BCUT2D eigenvalue weighted by atomic mass is 32.1. The Labute approximate surface area is 83.7 Å². The molecule has 3 heteroatoms. The van der Waals surface area contributed by atoms with Crippen molar-refractivity contribution in [2.45, 2.75) is 4.93 Å². The highest BCUT2D eigenvalue weighted by Crippen LogP contribution is 2.30. The standard InChI is InChI=1S/C10H13NOS/c13-10(8-11-6-7-12-10)9-4-2-1-3-5-9/h1-5,11,13H,6-8H2. The van der Waals surface area contributed by atoms with E-state index in [0.29, 0.717) is 0 Å². The lowest BCUT2D eigenvalue weighted by atomic mass is 10.1. The van der Waals surface area contributed by atoms with Crippen LogP contribution in [0.1, 0.15) is 5.56 Å². The quantitative estimate of drug-likeness (QED) is 0.661. The van der Waals surface area contributed by atoms with Gasteiger partial charge in [0.25, 0.3) is 0 Å². The van der Waals surface area contributed by atoms with Gasteiger partial charge in [0.1, 0.15) is 4.93 Å². The number of rotatable bonds is 1. The summed E-state index contributed by atoms with van der Waals surface area (Å²) in [4.78, 5) is -0.445. The largest absolute Gasteiger partial charge is 0.358 e. The molecule has 1 saturated heterocycles. The Morgan fingerprint density at radius 3 is 2.69 bits per heavy atom. The zero-order chi connectivity index (χ0) is 9.15. The number of benzene rings is 1. The summed E-state index contributed by atoms with van der Waals surface area (Å²) in [6, 6.07) is 10.1. The van der Waals surface area contributed by atoms with Crippen molar-refractivity contribution in [3.8, 4) is 0 Å². The van der Waals surface area contributed by atoms with E-state index >= 15 is 0 Å². The van der Waals surface area contributed by atoms with Gasteiger partial charge < -0.3 is 10.1 Å². The average Bonchev–Trinajstić information content (AvgIpc) is 2.20. The smallest absolute Gasteiger partial charge is 0.148 e. The van der Waals surface area contributed by atoms with Crippen molar-refractivity contribution in [1.29, 1.82) is 0 Å². The number of hydrogen-bond acceptors (Lipinski definition) is 3. The summed E-state index contributed by atoms with van der Waals surface area (Å²) in [7, 11) is 0. The Bertz CT molecular complexity index is 270. The summed E-state index contributed by atoms with van der Waals surface area (Å²) >= 11 is 4.55. The Morgan fingerprint density at radius 2 is 2.08 bits per heavy atom. The molecule has 2 rings (SSSR count). The van der Waals surface area contributed by atoms with Crippen LogP contribution in [0.5, 0.6) is 0 Å². The van der Waals surface area contributed by atoms with E-state index in [4.69, 9.17) is 4.74 Å². The maximum absolute atomic E-state index is 5.65. The normalized spacial score (nSPS) is 28.7. The first-order chi connectivity index (χ1) is 6.31. The molecular formula is C10H13NOS. The van der Waals surface area contributed by atoms with Crippen LogP contribution in [0.25, 0.3) is 0 Å². The number of thiol groups is 1. The molecule has 1 aromatic carbocycles. The lowest BCUT2D eigenvalue weighted by molar-refractivity contribution is 0.000675. The van der Waals surface area contributed by atoms with Gasteiger partial charge in [-0.2, -0.15) is 0 Å². The van der Waals surface area contributed by atoms with Crippen molar-refractivity contribution in [3.05, 3.63) is 35.9 Å². The zero-order valence-electron chi connectivity index (χ0n) is 7.36. The molecule has 0 aromatic heterocycles. The number of morpholine rings is 1. The molecule has 0 aliphatic carbocycles. The second-order valence-electron chi connectivity index (χ2n) is 3.18. The molecule has 1 aliphatic heterocycles. The van der Waals surface area contributed by atoms with Gasteiger partial charge in [0, 0.05) is 13.1 Å². The van der Waals surface area contributed by atoms with Crippen molar-refractivity contribution in [3.63, 3.8) is 0 Å². The highest BCUT2D eigenvalue weighted by Gasteiger charge is 2.30. The van der Waals surface area contributed by atoms with Crippen LogP contribution in [0.4, 0.5) is 0 Å². The van der Waals surface area contributed by atoms with E-state index in [-0.39, 0.29) is 0 Å². The van der Waals surface area contributed by atoms with Gasteiger partial charge >= 0.3 is 0 Å². The van der Waals surface area contributed by atoms with Crippen LogP contribution in [0.15, 0.2) is 30.3 Å². The lowest BCUT2D eigenvalue weighted by Gasteiger charge is -2.33. The molecule has 1 fully saturated rings. The molecule has 0 spiro atoms. The fraction of sp³-hybridized carbons (Fsp3) is 0.400. The molecule has 70 valence electrons. The second kappa shape index (κ2) is 3.70. The van der Waals surface area contributed by atoms with E-state index in [1.54, 1.807) is 0 Å². The third kappa shape index (κ3) is 1.88. The number of hydrogen-bond donors (Lipinski definition) is 2. The number of ether oxygens (including phenoxy) is 1. The fourth-order valence-electron chi connectivity index (χ4n) is 1.48. The van der Waals surface area contributed by atoms with Gasteiger partial charge in [-0.25, -0.2) is 0 Å². The monoisotopic (exact) mass is 195 g/mol. The van der Waals surface area contributed by atoms with Crippen LogP contribution >= 0.6 is 12.6 Å². The minimum absolute atomic E-state index is 0.445. The van der Waals surface area contributed by atoms with Crippen LogP contribution in [0.3, 0.4) is 0 Å². The molecule has 0 amide bonds. The molecule has 1 unspecified atom stereocenters. The first kappa shape index (κ1) is 9.06. The Hall–Kier alpha value is -0.510. The minimum atomic E-state index is -0.445. The first-order valence-corrected chi connectivity index (χ1v) is 4.88. The van der Waals surface area contributed by atoms with Crippen LogP contribution < -0.4 is 5.32 Å². The number of nitrogens with one attached hydrogen (secondary N) is 1. The van der Waals surface area contributed by atoms with Gasteiger partial charge in [-0.1, -0.05) is 30.3 Å². The Balaban J connectivity index is 2.23. The summed E-state index contributed by atoms with van der Waals surface area (Å²) in [5, 5.41) is 3.27. The van der Waals surface area contributed by atoms with E-state index in [0.717, 1.165) is 25.3 Å². The summed E-state index contributed by atoms with van der Waals surface area (Å²) in [5.74, 6) is 0. The summed E-state index contributed by atoms with van der Waals surface area (Å²) in [6.45, 7) is 2.40. The Kier molecular flexibility index (Phi) is 2.58. The molecule has 0 radical (unpaired) electrons. The molecule has 1 aliphatic rings. The predicted octanol–water partition coefficient (Wildman–Crippen LogP) is 1.39. The second-order valence-corrected chi connectivity index (χ2v) is 3.90. The van der Waals surface area contributed by atoms with E-state index in [2.05, 4.69) is 17.9 Å². The third-order valence-corrected chi connectivity index (χ3v) is 2.75. The fourth-order valence-corrected chi connectivity index (χ4v) is 1.84. The van der Waals surface area contributed by atoms with Gasteiger partial charge in [-0.3, -0.25) is 0 Å². The zero-order valence-corrected chi connectivity index (χ0v) is 8.26. The van der Waals surface area contributed by atoms with Gasteiger partial charge in [-0.05, 0) is 5.56 Å². The van der Waals surface area contributed by atoms with Crippen LogP contribution in [0.2, 0.25) is 0 Å². The topological polar surface area (TPSA) is 21.3 Å². The van der Waals surface area contributed by atoms with Crippen LogP contribution in [-0.2, 0) is 9.67 Å². The molecule has 1 aromatic rings. The molecular weight excluding hydrogens is 182 g/mol. The van der Waals surface area contributed by atoms with Crippen molar-refractivity contribution in [2.24, 2.45) is 0 Å². The molecule has 0 bridgehead atoms. The van der Waals surface area contributed by atoms with Crippen LogP contribution in [-0.4, -0.2) is 19.7 Å². The van der Waals surface area contributed by atoms with Crippen LogP contribution in [0, 0.1) is 0 Å². The first-order valence-electron chi connectivity index (χ1n) is 4.44. The highest BCUT2D eigenvalue weighted by molar-refractivity contribution is 7.81. The molecule has 1 atom stereocenters. The maximum Gasteiger partial charge on any atom is 0.148 e. The van der Waals surface area contributed by atoms with E-state index in [1.807, 2.05) is 30.3 Å². The molecule has 1 N–H and O–H groups in total. The molecule has 0 saturated carbocycles. The molecule has 1 heterocycles.